The Morgan fingerprint density at radius 2 is 2.60 bits per heavy atom. The third-order valence-corrected chi connectivity index (χ3v) is 1.12. The van der Waals surface area contributed by atoms with Gasteiger partial charge in [0.15, 0.2) is 0 Å². The predicted octanol–water partition coefficient (Wildman–Crippen LogP) is 0.0181. The Balaban J connectivity index is 2.50. The number of hydrogen-bond acceptors (Lipinski definition) is 3. The lowest BCUT2D eigenvalue weighted by Gasteiger charge is -1.88. The molecule has 0 aromatic rings. The summed E-state index contributed by atoms with van der Waals surface area (Å²) < 4.78 is 4.60. The molecule has 3 nitrogen and oxygen atoms in total. The molecule has 1 N–H and O–H groups in total. The number of carbonyl (C=O) groups is 1. The molecule has 0 radical (unpaired) electrons. The van der Waals surface area contributed by atoms with Gasteiger partial charge in [0.1, 0.15) is 6.61 Å². The molecule has 1 aliphatic heterocycles. The first-order valence-electron chi connectivity index (χ1n) is 2.97. The van der Waals surface area contributed by atoms with Gasteiger partial charge in [0.2, 0.25) is 0 Å². The van der Waals surface area contributed by atoms with Crippen molar-refractivity contribution in [3.63, 3.8) is 0 Å². The number of hydrogen-bond donors (Lipinski definition) is 1. The lowest BCUT2D eigenvalue weighted by Crippen LogP contribution is -1.90. The minimum Gasteiger partial charge on any atom is -0.458 e. The van der Waals surface area contributed by atoms with Gasteiger partial charge in [-0.3, -0.25) is 0 Å². The van der Waals surface area contributed by atoms with E-state index < -0.39 is 0 Å². The van der Waals surface area contributed by atoms with E-state index in [0.29, 0.717) is 6.61 Å². The standard InChI is InChI=1S/C7H8O3/c8-3-1-2-6-4-7(9)10-5-6/h1-2,4,8H,3,5H2/b2-1+. The van der Waals surface area contributed by atoms with Gasteiger partial charge in [0.05, 0.1) is 6.61 Å². The molecule has 1 rings (SSSR count). The summed E-state index contributed by atoms with van der Waals surface area (Å²) in [5, 5.41) is 8.35. The monoisotopic (exact) mass is 140 g/mol. The molecule has 1 heterocycles. The molecule has 0 aromatic heterocycles. The highest BCUT2D eigenvalue weighted by Crippen LogP contribution is 2.06. The van der Waals surface area contributed by atoms with Crippen LogP contribution in [0.25, 0.3) is 0 Å². The summed E-state index contributed by atoms with van der Waals surface area (Å²) in [6, 6.07) is 0. The maximum atomic E-state index is 10.4. The molecule has 0 aromatic carbocycles. The van der Waals surface area contributed by atoms with E-state index in [-0.39, 0.29) is 12.6 Å². The van der Waals surface area contributed by atoms with E-state index in [9.17, 15) is 4.79 Å². The highest BCUT2D eigenvalue weighted by atomic mass is 16.5. The van der Waals surface area contributed by atoms with Gasteiger partial charge in [-0.1, -0.05) is 12.2 Å². The number of aliphatic hydroxyl groups excluding tert-OH is 1. The molecule has 0 saturated heterocycles. The fourth-order valence-corrected chi connectivity index (χ4v) is 0.689. The largest absolute Gasteiger partial charge is 0.458 e. The van der Waals surface area contributed by atoms with Gasteiger partial charge in [0.25, 0.3) is 0 Å². The van der Waals surface area contributed by atoms with Crippen LogP contribution in [0.2, 0.25) is 0 Å². The summed E-state index contributed by atoms with van der Waals surface area (Å²) >= 11 is 0. The summed E-state index contributed by atoms with van der Waals surface area (Å²) in [7, 11) is 0. The Kier molecular flexibility index (Phi) is 2.23. The van der Waals surface area contributed by atoms with Gasteiger partial charge < -0.3 is 9.84 Å². The van der Waals surface area contributed by atoms with Crippen LogP contribution >= 0.6 is 0 Å². The van der Waals surface area contributed by atoms with Crippen LogP contribution in [0.1, 0.15) is 0 Å². The first-order valence-corrected chi connectivity index (χ1v) is 2.97. The van der Waals surface area contributed by atoms with Crippen LogP contribution in [0, 0.1) is 0 Å². The molecule has 0 amide bonds. The minimum absolute atomic E-state index is 0.00840. The number of carbonyl (C=O) groups excluding carboxylic acids is 1. The molecule has 0 fully saturated rings. The number of aliphatic hydroxyl groups is 1. The average Bonchev–Trinajstić information content (AvgIpc) is 2.31. The zero-order chi connectivity index (χ0) is 7.40. The van der Waals surface area contributed by atoms with E-state index >= 15 is 0 Å². The molecule has 0 atom stereocenters. The number of esters is 1. The normalized spacial score (nSPS) is 17.7. The highest BCUT2D eigenvalue weighted by Gasteiger charge is 2.08. The van der Waals surface area contributed by atoms with E-state index in [1.165, 1.54) is 6.08 Å². The Labute approximate surface area is 58.6 Å². The molecule has 0 aliphatic carbocycles. The van der Waals surface area contributed by atoms with E-state index in [1.807, 2.05) is 0 Å². The van der Waals surface area contributed by atoms with E-state index in [0.717, 1.165) is 5.57 Å². The third-order valence-electron chi connectivity index (χ3n) is 1.12. The number of rotatable bonds is 2. The van der Waals surface area contributed by atoms with Gasteiger partial charge in [-0.05, 0) is 5.57 Å². The zero-order valence-corrected chi connectivity index (χ0v) is 5.41. The van der Waals surface area contributed by atoms with Crippen LogP contribution in [0.3, 0.4) is 0 Å². The lowest BCUT2D eigenvalue weighted by atomic mass is 10.2. The van der Waals surface area contributed by atoms with Crippen molar-refractivity contribution in [1.29, 1.82) is 0 Å². The minimum atomic E-state index is -0.308. The Hall–Kier alpha value is -1.09. The molecule has 3 heteroatoms. The van der Waals surface area contributed by atoms with Crippen molar-refractivity contribution >= 4 is 5.97 Å². The quantitative estimate of drug-likeness (QED) is 0.550. The molecule has 0 saturated carbocycles. The molecular formula is C7H8O3. The fraction of sp³-hybridized carbons (Fsp3) is 0.286. The van der Waals surface area contributed by atoms with Gasteiger partial charge in [0, 0.05) is 6.08 Å². The second-order valence-corrected chi connectivity index (χ2v) is 1.91. The van der Waals surface area contributed by atoms with E-state index in [4.69, 9.17) is 5.11 Å². The predicted molar refractivity (Wildman–Crippen MR) is 35.3 cm³/mol. The SMILES string of the molecule is O=C1C=C(/C=C/CO)CO1. The van der Waals surface area contributed by atoms with Crippen molar-refractivity contribution in [3.05, 3.63) is 23.8 Å². The Morgan fingerprint density at radius 1 is 1.80 bits per heavy atom. The maximum absolute atomic E-state index is 10.4. The molecule has 0 bridgehead atoms. The number of ether oxygens (including phenoxy) is 1. The molecule has 1 aliphatic rings. The summed E-state index contributed by atoms with van der Waals surface area (Å²) in [6.45, 7) is 0.320. The maximum Gasteiger partial charge on any atom is 0.331 e. The average molecular weight is 140 g/mol. The Morgan fingerprint density at radius 3 is 3.10 bits per heavy atom. The first kappa shape index (κ1) is 7.02. The lowest BCUT2D eigenvalue weighted by molar-refractivity contribution is -0.134. The Bertz CT molecular complexity index is 191. The fourth-order valence-electron chi connectivity index (χ4n) is 0.689. The van der Waals surface area contributed by atoms with Crippen molar-refractivity contribution in [2.75, 3.05) is 13.2 Å². The number of cyclic esters (lactones) is 1. The van der Waals surface area contributed by atoms with Crippen molar-refractivity contribution in [1.82, 2.24) is 0 Å². The second kappa shape index (κ2) is 3.17. The molecule has 0 unspecified atom stereocenters. The smallest absolute Gasteiger partial charge is 0.331 e. The van der Waals surface area contributed by atoms with Crippen LogP contribution in [0.4, 0.5) is 0 Å². The van der Waals surface area contributed by atoms with Gasteiger partial charge in [-0.15, -0.1) is 0 Å². The highest BCUT2D eigenvalue weighted by molar-refractivity contribution is 5.85. The molecule has 54 valence electrons. The van der Waals surface area contributed by atoms with Crippen LogP contribution in [-0.4, -0.2) is 24.3 Å². The summed E-state index contributed by atoms with van der Waals surface area (Å²) in [5.41, 5.74) is 0.805. The molecular weight excluding hydrogens is 132 g/mol. The van der Waals surface area contributed by atoms with E-state index in [2.05, 4.69) is 4.74 Å². The summed E-state index contributed by atoms with van der Waals surface area (Å²) in [4.78, 5) is 10.4. The van der Waals surface area contributed by atoms with Crippen molar-refractivity contribution in [2.45, 2.75) is 0 Å². The van der Waals surface area contributed by atoms with Gasteiger partial charge in [-0.2, -0.15) is 0 Å². The van der Waals surface area contributed by atoms with Gasteiger partial charge >= 0.3 is 5.97 Å². The second-order valence-electron chi connectivity index (χ2n) is 1.91. The summed E-state index contributed by atoms with van der Waals surface area (Å²) in [5.74, 6) is -0.308. The topological polar surface area (TPSA) is 46.5 Å². The van der Waals surface area contributed by atoms with Crippen molar-refractivity contribution < 1.29 is 14.6 Å². The van der Waals surface area contributed by atoms with Crippen LogP contribution in [0.15, 0.2) is 23.8 Å². The third kappa shape index (κ3) is 1.70. The van der Waals surface area contributed by atoms with Crippen LogP contribution in [-0.2, 0) is 9.53 Å². The van der Waals surface area contributed by atoms with E-state index in [1.54, 1.807) is 12.2 Å². The molecule has 10 heavy (non-hydrogen) atoms. The zero-order valence-electron chi connectivity index (χ0n) is 5.41. The molecule has 0 spiro atoms. The van der Waals surface area contributed by atoms with Crippen molar-refractivity contribution in [2.24, 2.45) is 0 Å². The van der Waals surface area contributed by atoms with Crippen LogP contribution in [0.5, 0.6) is 0 Å². The summed E-state index contributed by atoms with van der Waals surface area (Å²) in [6.07, 6.45) is 4.64. The van der Waals surface area contributed by atoms with Crippen molar-refractivity contribution in [3.8, 4) is 0 Å². The van der Waals surface area contributed by atoms with Crippen LogP contribution < -0.4 is 0 Å². The first-order chi connectivity index (χ1) is 4.83. The van der Waals surface area contributed by atoms with Gasteiger partial charge in [-0.25, -0.2) is 4.79 Å².